The van der Waals surface area contributed by atoms with E-state index in [1.54, 1.807) is 0 Å². The topological polar surface area (TPSA) is 6.48 Å². The second-order valence-electron chi connectivity index (χ2n) is 16.6. The Morgan fingerprint density at radius 1 is 0.450 bits per heavy atom. The van der Waals surface area contributed by atoms with Gasteiger partial charge in [0.2, 0.25) is 0 Å². The second-order valence-corrected chi connectivity index (χ2v) is 16.6. The highest BCUT2D eigenvalue weighted by molar-refractivity contribution is 6.00. The van der Waals surface area contributed by atoms with Gasteiger partial charge in [-0.1, -0.05) is 182 Å². The van der Waals surface area contributed by atoms with Gasteiger partial charge >= 0.3 is 0 Å². The standard InChI is InChI=1S/C58H44N2/c1-3-21-42(22-4-1)59(56-31-15-19-40-17-7-9-25-46(40)56)44-33-36-50-51-37-34-45(60(43-23-5-2-6-24-43)57-32-16-20-41-18-8-10-26-47(41)57)39-55(51)58(54(50)38-35-44)52-29-13-11-27-48(52)49-28-12-14-30-53(49)58/h1-23,25-34,36-37,39,43-44H,24,35,38H2. The quantitative estimate of drug-likeness (QED) is 0.166. The summed E-state index contributed by atoms with van der Waals surface area (Å²) < 4.78 is 0. The van der Waals surface area contributed by atoms with Gasteiger partial charge in [0.05, 0.1) is 17.5 Å². The van der Waals surface area contributed by atoms with Gasteiger partial charge in [0.15, 0.2) is 0 Å². The van der Waals surface area contributed by atoms with Crippen LogP contribution in [-0.2, 0) is 5.41 Å². The Hall–Kier alpha value is -7.16. The molecule has 2 heteroatoms. The Balaban J connectivity index is 1.07. The van der Waals surface area contributed by atoms with E-state index in [-0.39, 0.29) is 12.1 Å². The first kappa shape index (κ1) is 34.8. The zero-order chi connectivity index (χ0) is 39.6. The van der Waals surface area contributed by atoms with Gasteiger partial charge in [-0.15, -0.1) is 0 Å². The molecular weight excluding hydrogens is 725 g/mol. The van der Waals surface area contributed by atoms with Crippen LogP contribution < -0.4 is 9.80 Å². The lowest BCUT2D eigenvalue weighted by atomic mass is 9.68. The minimum Gasteiger partial charge on any atom is -0.334 e. The fourth-order valence-corrected chi connectivity index (χ4v) is 11.1. The Bertz CT molecular complexity index is 3050. The number of rotatable bonds is 6. The lowest BCUT2D eigenvalue weighted by Gasteiger charge is -2.37. The van der Waals surface area contributed by atoms with E-state index >= 15 is 0 Å². The van der Waals surface area contributed by atoms with Gasteiger partial charge in [-0.05, 0) is 111 Å². The summed E-state index contributed by atoms with van der Waals surface area (Å²) >= 11 is 0. The minimum atomic E-state index is -0.420. The summed E-state index contributed by atoms with van der Waals surface area (Å²) in [5, 5.41) is 5.06. The van der Waals surface area contributed by atoms with Gasteiger partial charge < -0.3 is 9.80 Å². The molecule has 0 bridgehead atoms. The number of anilines is 4. The molecule has 12 rings (SSSR count). The summed E-state index contributed by atoms with van der Waals surface area (Å²) in [5.74, 6) is 0. The van der Waals surface area contributed by atoms with Crippen molar-refractivity contribution in [1.82, 2.24) is 0 Å². The van der Waals surface area contributed by atoms with Gasteiger partial charge in [-0.25, -0.2) is 0 Å². The fraction of sp³-hybridized carbons (Fsp3) is 0.103. The van der Waals surface area contributed by atoms with E-state index in [0.29, 0.717) is 0 Å². The van der Waals surface area contributed by atoms with E-state index < -0.39 is 5.41 Å². The summed E-state index contributed by atoms with van der Waals surface area (Å²) in [5.41, 5.74) is 15.6. The molecule has 286 valence electrons. The normalized spacial score (nSPS) is 18.0. The number of benzene rings is 8. The van der Waals surface area contributed by atoms with E-state index in [4.69, 9.17) is 0 Å². The van der Waals surface area contributed by atoms with Gasteiger partial charge in [0.25, 0.3) is 0 Å². The zero-order valence-corrected chi connectivity index (χ0v) is 33.5. The third-order valence-electron chi connectivity index (χ3n) is 13.6. The molecule has 60 heavy (non-hydrogen) atoms. The van der Waals surface area contributed by atoms with Gasteiger partial charge in [0, 0.05) is 33.5 Å². The van der Waals surface area contributed by atoms with E-state index in [1.807, 2.05) is 0 Å². The third kappa shape index (κ3) is 5.20. The highest BCUT2D eigenvalue weighted by atomic mass is 15.2. The van der Waals surface area contributed by atoms with Crippen molar-refractivity contribution in [3.63, 3.8) is 0 Å². The number of fused-ring (bicyclic) bond motifs is 11. The highest BCUT2D eigenvalue weighted by Gasteiger charge is 2.53. The van der Waals surface area contributed by atoms with Crippen molar-refractivity contribution in [3.8, 4) is 11.1 Å². The van der Waals surface area contributed by atoms with Crippen LogP contribution in [0.25, 0.3) is 38.2 Å². The molecule has 0 aliphatic heterocycles. The predicted molar refractivity (Wildman–Crippen MR) is 253 cm³/mol. The maximum absolute atomic E-state index is 2.60. The molecule has 2 nitrogen and oxygen atoms in total. The molecular formula is C58H44N2. The number of hydrogen-bond donors (Lipinski definition) is 0. The van der Waals surface area contributed by atoms with E-state index in [0.717, 1.165) is 19.3 Å². The predicted octanol–water partition coefficient (Wildman–Crippen LogP) is 14.7. The van der Waals surface area contributed by atoms with Crippen LogP contribution in [0, 0.1) is 0 Å². The van der Waals surface area contributed by atoms with Crippen LogP contribution in [0.3, 0.4) is 0 Å². The SMILES string of the molecule is C1=CCC(N(c2ccc3c(c2)C2(C4=C3C=CC(N(c3ccccc3)c3cccc5ccccc35)CC4)c3ccccc3-c3ccccc32)c2cccc3ccccc23)C=C1. The molecule has 4 aliphatic carbocycles. The summed E-state index contributed by atoms with van der Waals surface area (Å²) in [6.45, 7) is 0. The van der Waals surface area contributed by atoms with Crippen molar-refractivity contribution >= 4 is 49.9 Å². The minimum absolute atomic E-state index is 0.142. The van der Waals surface area contributed by atoms with Crippen LogP contribution in [0.5, 0.6) is 0 Å². The average Bonchev–Trinajstić information content (AvgIpc) is 3.65. The highest BCUT2D eigenvalue weighted by Crippen LogP contribution is 2.64. The molecule has 0 aromatic heterocycles. The molecule has 1 spiro atoms. The average molecular weight is 769 g/mol. The zero-order valence-electron chi connectivity index (χ0n) is 33.5. The van der Waals surface area contributed by atoms with E-state index in [9.17, 15) is 0 Å². The summed E-state index contributed by atoms with van der Waals surface area (Å²) in [6, 6.07) is 68.3. The van der Waals surface area contributed by atoms with Crippen molar-refractivity contribution < 1.29 is 0 Å². The maximum Gasteiger partial charge on any atom is 0.0689 e. The third-order valence-corrected chi connectivity index (χ3v) is 13.6. The van der Waals surface area contributed by atoms with Crippen LogP contribution >= 0.6 is 0 Å². The molecule has 0 heterocycles. The molecule has 2 unspecified atom stereocenters. The maximum atomic E-state index is 2.60. The Kier molecular flexibility index (Phi) is 8.13. The number of hydrogen-bond acceptors (Lipinski definition) is 2. The van der Waals surface area contributed by atoms with Gasteiger partial charge in [-0.3, -0.25) is 0 Å². The Morgan fingerprint density at radius 3 is 1.72 bits per heavy atom. The fourth-order valence-electron chi connectivity index (χ4n) is 11.1. The smallest absolute Gasteiger partial charge is 0.0689 e. The summed E-state index contributed by atoms with van der Waals surface area (Å²) in [4.78, 5) is 5.18. The summed E-state index contributed by atoms with van der Waals surface area (Å²) in [6.07, 6.45) is 16.9. The van der Waals surface area contributed by atoms with Crippen LogP contribution in [0.2, 0.25) is 0 Å². The number of nitrogens with zero attached hydrogens (tertiary/aromatic N) is 2. The molecule has 0 saturated heterocycles. The van der Waals surface area contributed by atoms with Crippen LogP contribution in [-0.4, -0.2) is 12.1 Å². The lowest BCUT2D eigenvalue weighted by molar-refractivity contribution is 0.645. The molecule has 0 amide bonds. The monoisotopic (exact) mass is 768 g/mol. The Morgan fingerprint density at radius 2 is 1.05 bits per heavy atom. The molecule has 0 saturated carbocycles. The summed E-state index contributed by atoms with van der Waals surface area (Å²) in [7, 11) is 0. The van der Waals surface area contributed by atoms with Crippen molar-refractivity contribution in [3.05, 3.63) is 246 Å². The second kappa shape index (κ2) is 14.0. The Labute approximate surface area is 352 Å². The van der Waals surface area contributed by atoms with E-state index in [2.05, 4.69) is 228 Å². The van der Waals surface area contributed by atoms with Crippen LogP contribution in [0.15, 0.2) is 224 Å². The van der Waals surface area contributed by atoms with Crippen LogP contribution in [0.1, 0.15) is 41.5 Å². The van der Waals surface area contributed by atoms with E-state index in [1.165, 1.54) is 88.8 Å². The molecule has 8 aromatic rings. The molecule has 8 aromatic carbocycles. The molecule has 2 atom stereocenters. The van der Waals surface area contributed by atoms with Crippen molar-refractivity contribution in [2.75, 3.05) is 9.80 Å². The van der Waals surface area contributed by atoms with Crippen molar-refractivity contribution in [2.45, 2.75) is 36.8 Å². The van der Waals surface area contributed by atoms with Crippen molar-refractivity contribution in [1.29, 1.82) is 0 Å². The first-order valence-electron chi connectivity index (χ1n) is 21.5. The van der Waals surface area contributed by atoms with Crippen molar-refractivity contribution in [2.24, 2.45) is 0 Å². The van der Waals surface area contributed by atoms with Gasteiger partial charge in [0.1, 0.15) is 0 Å². The first-order chi connectivity index (χ1) is 29.8. The molecule has 0 fully saturated rings. The first-order valence-corrected chi connectivity index (χ1v) is 21.5. The largest absolute Gasteiger partial charge is 0.334 e. The molecule has 0 N–H and O–H groups in total. The number of para-hydroxylation sites is 1. The van der Waals surface area contributed by atoms with Crippen LogP contribution in [0.4, 0.5) is 22.7 Å². The lowest BCUT2D eigenvalue weighted by Crippen LogP contribution is -2.32. The number of allylic oxidation sites excluding steroid dienone is 5. The molecule has 0 radical (unpaired) electrons. The van der Waals surface area contributed by atoms with Gasteiger partial charge in [-0.2, -0.15) is 0 Å². The molecule has 4 aliphatic rings.